The van der Waals surface area contributed by atoms with Gasteiger partial charge in [0, 0.05) is 36.8 Å². The first kappa shape index (κ1) is 18.2. The molecule has 148 valence electrons. The Hall–Kier alpha value is -2.88. The van der Waals surface area contributed by atoms with Crippen molar-refractivity contribution in [2.24, 2.45) is 0 Å². The van der Waals surface area contributed by atoms with Crippen molar-refractivity contribution < 1.29 is 9.59 Å². The fourth-order valence-electron chi connectivity index (χ4n) is 4.74. The van der Waals surface area contributed by atoms with Gasteiger partial charge in [-0.05, 0) is 67.0 Å². The third-order valence-electron chi connectivity index (χ3n) is 6.55. The van der Waals surface area contributed by atoms with Gasteiger partial charge in [0.05, 0.1) is 0 Å². The van der Waals surface area contributed by atoms with Crippen molar-refractivity contribution in [2.45, 2.75) is 44.6 Å². The Morgan fingerprint density at radius 2 is 1.62 bits per heavy atom. The number of amides is 2. The molecule has 29 heavy (non-hydrogen) atoms. The van der Waals surface area contributed by atoms with E-state index >= 15 is 0 Å². The average molecular weight is 386 g/mol. The highest BCUT2D eigenvalue weighted by Gasteiger charge is 2.33. The molecule has 0 spiro atoms. The van der Waals surface area contributed by atoms with Crippen molar-refractivity contribution >= 4 is 23.1 Å². The summed E-state index contributed by atoms with van der Waals surface area (Å²) >= 11 is 0. The summed E-state index contributed by atoms with van der Waals surface area (Å²) in [6, 6.07) is 16.4. The standard InChI is InChI=1S/C25H26N2O2/c28-24-13-12-20-4-1-2-7-23(20)27(24)22-14-16-26(17-15-22)25(29)21-10-8-19(9-11-21)18-5-3-6-18/h1-2,4-5,7-11,22H,3,6,12-17H2. The normalized spacial score (nSPS) is 19.4. The minimum Gasteiger partial charge on any atom is -0.338 e. The molecule has 3 aliphatic rings. The van der Waals surface area contributed by atoms with Crippen LogP contribution in [0.25, 0.3) is 5.57 Å². The van der Waals surface area contributed by atoms with Gasteiger partial charge in [-0.2, -0.15) is 0 Å². The minimum absolute atomic E-state index is 0.1000. The van der Waals surface area contributed by atoms with E-state index in [-0.39, 0.29) is 17.9 Å². The Morgan fingerprint density at radius 3 is 2.31 bits per heavy atom. The van der Waals surface area contributed by atoms with E-state index in [2.05, 4.69) is 30.3 Å². The number of likely N-dealkylation sites (tertiary alicyclic amines) is 1. The largest absolute Gasteiger partial charge is 0.338 e. The number of carbonyl (C=O) groups is 2. The lowest BCUT2D eigenvalue weighted by Gasteiger charge is -2.41. The highest BCUT2D eigenvalue weighted by atomic mass is 16.2. The van der Waals surface area contributed by atoms with Crippen LogP contribution in [-0.4, -0.2) is 35.8 Å². The van der Waals surface area contributed by atoms with Gasteiger partial charge in [-0.25, -0.2) is 0 Å². The lowest BCUT2D eigenvalue weighted by molar-refractivity contribution is -0.119. The summed E-state index contributed by atoms with van der Waals surface area (Å²) in [5, 5.41) is 0. The fraction of sp³-hybridized carbons (Fsp3) is 0.360. The first-order valence-electron chi connectivity index (χ1n) is 10.7. The predicted molar refractivity (Wildman–Crippen MR) is 115 cm³/mol. The highest BCUT2D eigenvalue weighted by molar-refractivity contribution is 5.97. The lowest BCUT2D eigenvalue weighted by Crippen LogP contribution is -2.50. The van der Waals surface area contributed by atoms with E-state index in [4.69, 9.17) is 0 Å². The van der Waals surface area contributed by atoms with E-state index in [0.717, 1.165) is 43.4 Å². The second-order valence-electron chi connectivity index (χ2n) is 8.26. The smallest absolute Gasteiger partial charge is 0.253 e. The molecule has 2 aromatic carbocycles. The van der Waals surface area contributed by atoms with E-state index < -0.39 is 0 Å². The molecule has 2 aromatic rings. The SMILES string of the molecule is O=C(c1ccc(C2=CCC2)cc1)N1CCC(N2C(=O)CCc3ccccc32)CC1. The molecular weight excluding hydrogens is 360 g/mol. The number of aryl methyl sites for hydroxylation is 1. The molecule has 4 heteroatoms. The Labute approximate surface area is 171 Å². The maximum Gasteiger partial charge on any atom is 0.253 e. The second-order valence-corrected chi connectivity index (χ2v) is 8.26. The Bertz CT molecular complexity index is 969. The molecule has 2 heterocycles. The third-order valence-corrected chi connectivity index (χ3v) is 6.55. The van der Waals surface area contributed by atoms with E-state index in [1.165, 1.54) is 16.7 Å². The summed E-state index contributed by atoms with van der Waals surface area (Å²) in [4.78, 5) is 29.5. The van der Waals surface area contributed by atoms with Crippen LogP contribution in [0.1, 0.15) is 53.6 Å². The number of piperidine rings is 1. The molecule has 0 N–H and O–H groups in total. The summed E-state index contributed by atoms with van der Waals surface area (Å²) in [7, 11) is 0. The minimum atomic E-state index is 0.1000. The van der Waals surface area contributed by atoms with Crippen molar-refractivity contribution in [1.82, 2.24) is 4.90 Å². The van der Waals surface area contributed by atoms with E-state index in [1.54, 1.807) is 0 Å². The molecule has 1 aliphatic carbocycles. The topological polar surface area (TPSA) is 40.6 Å². The summed E-state index contributed by atoms with van der Waals surface area (Å²) < 4.78 is 0. The van der Waals surface area contributed by atoms with Crippen LogP contribution in [0.3, 0.4) is 0 Å². The number of anilines is 1. The number of benzene rings is 2. The van der Waals surface area contributed by atoms with Gasteiger partial charge >= 0.3 is 0 Å². The van der Waals surface area contributed by atoms with Crippen LogP contribution >= 0.6 is 0 Å². The third kappa shape index (κ3) is 3.37. The van der Waals surface area contributed by atoms with Gasteiger partial charge in [0.1, 0.15) is 0 Å². The maximum atomic E-state index is 12.9. The van der Waals surface area contributed by atoms with Crippen LogP contribution in [0, 0.1) is 0 Å². The number of nitrogens with zero attached hydrogens (tertiary/aromatic N) is 2. The van der Waals surface area contributed by atoms with Gasteiger partial charge in [0.2, 0.25) is 5.91 Å². The molecule has 0 unspecified atom stereocenters. The van der Waals surface area contributed by atoms with Crippen LogP contribution in [-0.2, 0) is 11.2 Å². The van der Waals surface area contributed by atoms with Gasteiger partial charge in [0.25, 0.3) is 5.91 Å². The predicted octanol–water partition coefficient (Wildman–Crippen LogP) is 4.45. The number of rotatable bonds is 3. The number of para-hydroxylation sites is 1. The monoisotopic (exact) mass is 386 g/mol. The number of fused-ring (bicyclic) bond motifs is 1. The highest BCUT2D eigenvalue weighted by Crippen LogP contribution is 2.33. The van der Waals surface area contributed by atoms with Crippen LogP contribution in [0.4, 0.5) is 5.69 Å². The zero-order valence-electron chi connectivity index (χ0n) is 16.6. The zero-order chi connectivity index (χ0) is 19.8. The zero-order valence-corrected chi connectivity index (χ0v) is 16.6. The van der Waals surface area contributed by atoms with Gasteiger partial charge in [0.15, 0.2) is 0 Å². The Balaban J connectivity index is 1.26. The van der Waals surface area contributed by atoms with Gasteiger partial charge in [-0.15, -0.1) is 0 Å². The Kier molecular flexibility index (Phi) is 4.70. The van der Waals surface area contributed by atoms with Crippen molar-refractivity contribution in [1.29, 1.82) is 0 Å². The lowest BCUT2D eigenvalue weighted by atomic mass is 9.91. The van der Waals surface area contributed by atoms with Gasteiger partial charge in [-0.1, -0.05) is 36.4 Å². The molecule has 0 saturated carbocycles. The summed E-state index contributed by atoms with van der Waals surface area (Å²) in [5.74, 6) is 0.317. The van der Waals surface area contributed by atoms with Gasteiger partial charge < -0.3 is 9.80 Å². The van der Waals surface area contributed by atoms with E-state index in [9.17, 15) is 9.59 Å². The second kappa shape index (κ2) is 7.51. The maximum absolute atomic E-state index is 12.9. The van der Waals surface area contributed by atoms with Crippen LogP contribution in [0.2, 0.25) is 0 Å². The first-order chi connectivity index (χ1) is 14.2. The first-order valence-corrected chi connectivity index (χ1v) is 10.7. The molecule has 2 amide bonds. The summed E-state index contributed by atoms with van der Waals surface area (Å²) in [6.45, 7) is 1.39. The molecule has 0 radical (unpaired) electrons. The molecule has 1 saturated heterocycles. The quantitative estimate of drug-likeness (QED) is 0.782. The van der Waals surface area contributed by atoms with Gasteiger partial charge in [-0.3, -0.25) is 9.59 Å². The average Bonchev–Trinajstić information content (AvgIpc) is 2.73. The van der Waals surface area contributed by atoms with Crippen molar-refractivity contribution in [3.63, 3.8) is 0 Å². The molecule has 5 rings (SSSR count). The summed E-state index contributed by atoms with van der Waals surface area (Å²) in [6.07, 6.45) is 7.62. The number of allylic oxidation sites excluding steroid dienone is 2. The van der Waals surface area contributed by atoms with Crippen LogP contribution in [0.5, 0.6) is 0 Å². The number of hydrogen-bond donors (Lipinski definition) is 0. The molecule has 0 atom stereocenters. The molecule has 0 bridgehead atoms. The van der Waals surface area contributed by atoms with E-state index in [0.29, 0.717) is 19.5 Å². The van der Waals surface area contributed by atoms with Crippen molar-refractivity contribution in [2.75, 3.05) is 18.0 Å². The van der Waals surface area contributed by atoms with Crippen LogP contribution in [0.15, 0.2) is 54.6 Å². The van der Waals surface area contributed by atoms with Crippen LogP contribution < -0.4 is 4.90 Å². The fourth-order valence-corrected chi connectivity index (χ4v) is 4.74. The van der Waals surface area contributed by atoms with Crippen molar-refractivity contribution in [3.05, 3.63) is 71.3 Å². The molecule has 2 aliphatic heterocycles. The molecular formula is C25H26N2O2. The molecule has 1 fully saturated rings. The number of hydrogen-bond acceptors (Lipinski definition) is 2. The van der Waals surface area contributed by atoms with Crippen molar-refractivity contribution in [3.8, 4) is 0 Å². The molecule has 4 nitrogen and oxygen atoms in total. The van der Waals surface area contributed by atoms with E-state index in [1.807, 2.05) is 34.1 Å². The number of carbonyl (C=O) groups excluding carboxylic acids is 2. The Morgan fingerprint density at radius 1 is 0.897 bits per heavy atom. The summed E-state index contributed by atoms with van der Waals surface area (Å²) in [5.41, 5.74) is 5.69. The molecule has 0 aromatic heterocycles.